The van der Waals surface area contributed by atoms with Crippen LogP contribution < -0.4 is 24.8 Å². The number of ether oxygens (including phenoxy) is 4. The Kier molecular flexibility index (Phi) is 11.6. The number of likely N-dealkylation sites (tertiary alicyclic amines) is 1. The van der Waals surface area contributed by atoms with E-state index in [1.54, 1.807) is 31.5 Å². The van der Waals surface area contributed by atoms with E-state index in [1.165, 1.54) is 36.4 Å². The molecule has 7 rings (SSSR count). The van der Waals surface area contributed by atoms with Gasteiger partial charge >= 0.3 is 0 Å². The summed E-state index contributed by atoms with van der Waals surface area (Å²) in [6, 6.07) is 15.9. The first-order valence-electron chi connectivity index (χ1n) is 17.1. The van der Waals surface area contributed by atoms with Gasteiger partial charge in [0.05, 0.1) is 25.8 Å². The van der Waals surface area contributed by atoms with Crippen molar-refractivity contribution < 1.29 is 37.3 Å². The number of hydrogen-bond donors (Lipinski definition) is 2. The second-order valence-corrected chi connectivity index (χ2v) is 13.1. The Morgan fingerprint density at radius 2 is 1.73 bits per heavy atom. The Morgan fingerprint density at radius 1 is 0.980 bits per heavy atom. The van der Waals surface area contributed by atoms with E-state index in [1.807, 2.05) is 13.0 Å². The van der Waals surface area contributed by atoms with Crippen LogP contribution in [0.5, 0.6) is 23.0 Å². The summed E-state index contributed by atoms with van der Waals surface area (Å²) < 4.78 is 50.4. The van der Waals surface area contributed by atoms with Crippen LogP contribution in [0.25, 0.3) is 10.9 Å². The molecule has 0 radical (unpaired) electrons. The molecule has 3 heterocycles. The number of amides is 2. The topological polar surface area (TPSA) is 114 Å². The highest BCUT2D eigenvalue weighted by atomic mass is 19.1. The zero-order chi connectivity index (χ0) is 35.8. The van der Waals surface area contributed by atoms with Crippen LogP contribution in [0, 0.1) is 17.0 Å². The van der Waals surface area contributed by atoms with E-state index in [4.69, 9.17) is 18.9 Å². The van der Waals surface area contributed by atoms with Crippen molar-refractivity contribution >= 4 is 34.6 Å². The van der Waals surface area contributed by atoms with E-state index in [9.17, 15) is 14.0 Å². The molecular weight excluding hydrogens is 660 g/mol. The third-order valence-corrected chi connectivity index (χ3v) is 9.64. The van der Waals surface area contributed by atoms with Crippen LogP contribution in [0.1, 0.15) is 26.2 Å². The van der Waals surface area contributed by atoms with Gasteiger partial charge in [0.1, 0.15) is 18.2 Å². The van der Waals surface area contributed by atoms with Crippen molar-refractivity contribution in [1.82, 2.24) is 14.8 Å². The van der Waals surface area contributed by atoms with Crippen molar-refractivity contribution in [2.24, 2.45) is 5.41 Å². The lowest BCUT2D eigenvalue weighted by Gasteiger charge is -2.46. The number of nitrogens with zero attached hydrogens (tertiary/aromatic N) is 3. The van der Waals surface area contributed by atoms with Crippen LogP contribution in [-0.2, 0) is 14.3 Å². The van der Waals surface area contributed by atoms with Crippen LogP contribution in [0.4, 0.5) is 20.2 Å². The Morgan fingerprint density at radius 3 is 2.39 bits per heavy atom. The second-order valence-electron chi connectivity index (χ2n) is 13.1. The van der Waals surface area contributed by atoms with Gasteiger partial charge in [-0.15, -0.1) is 0 Å². The van der Waals surface area contributed by atoms with Gasteiger partial charge in [-0.25, -0.2) is 8.78 Å². The monoisotopic (exact) mass is 703 g/mol. The maximum absolute atomic E-state index is 15.0. The number of anilines is 2. The van der Waals surface area contributed by atoms with Crippen LogP contribution in [0.2, 0.25) is 0 Å². The highest BCUT2D eigenvalue weighted by molar-refractivity contribution is 5.95. The second kappa shape index (κ2) is 16.4. The average Bonchev–Trinajstić information content (AvgIpc) is 3.10. The first-order chi connectivity index (χ1) is 24.7. The zero-order valence-electron chi connectivity index (χ0n) is 28.8. The zero-order valence-corrected chi connectivity index (χ0v) is 28.8. The van der Waals surface area contributed by atoms with Gasteiger partial charge in [-0.2, -0.15) is 0 Å². The summed E-state index contributed by atoms with van der Waals surface area (Å²) >= 11 is 0. The molecule has 3 aromatic carbocycles. The molecule has 2 saturated heterocycles. The normalized spacial score (nSPS) is 17.3. The summed E-state index contributed by atoms with van der Waals surface area (Å²) in [6.45, 7) is 9.05. The molecule has 0 bridgehead atoms. The van der Waals surface area contributed by atoms with Crippen molar-refractivity contribution in [1.29, 1.82) is 0 Å². The van der Waals surface area contributed by atoms with Gasteiger partial charge in [0.2, 0.25) is 12.3 Å². The average molecular weight is 704 g/mol. The molecule has 3 fully saturated rings. The van der Waals surface area contributed by atoms with Gasteiger partial charge in [0.15, 0.2) is 23.1 Å². The first-order valence-corrected chi connectivity index (χ1v) is 17.1. The Hall–Kier alpha value is -4.85. The van der Waals surface area contributed by atoms with Crippen molar-refractivity contribution in [3.8, 4) is 23.0 Å². The van der Waals surface area contributed by atoms with Gasteiger partial charge < -0.3 is 29.6 Å². The molecule has 51 heavy (non-hydrogen) atoms. The molecule has 0 atom stereocenters. The van der Waals surface area contributed by atoms with Gasteiger partial charge in [-0.3, -0.25) is 24.4 Å². The standard InChI is InChI=1S/C31H37FN4O5.C7H6FNO/c1-31(7-3-8-31)30(37)34-21-4-5-27(24(32)16-21)41-26-6-9-33-25-18-29(28(38-2)17-23(25)26)40-15-10-35-19-22(20-35)36-11-13-39-14-12-36;8-6-1-3-7(4-2-6)9-5-10/h4-6,9,16-18,22H,3,7-8,10-15,19-20H2,1-2H3,(H,34,37);1-5H,(H,9,10). The molecule has 2 aliphatic heterocycles. The van der Waals surface area contributed by atoms with Crippen LogP contribution in [0.15, 0.2) is 66.9 Å². The lowest BCUT2D eigenvalue weighted by Crippen LogP contribution is -2.61. The number of aromatic nitrogens is 1. The van der Waals surface area contributed by atoms with Gasteiger partial charge in [0.25, 0.3) is 0 Å². The largest absolute Gasteiger partial charge is 0.493 e. The molecule has 1 aliphatic carbocycles. The minimum Gasteiger partial charge on any atom is -0.493 e. The molecule has 11 nitrogen and oxygen atoms in total. The smallest absolute Gasteiger partial charge is 0.230 e. The quantitative estimate of drug-likeness (QED) is 0.169. The summed E-state index contributed by atoms with van der Waals surface area (Å²) in [5.41, 5.74) is 1.28. The number of carbonyl (C=O) groups excluding carboxylic acids is 2. The molecule has 2 amide bonds. The first kappa shape index (κ1) is 36.0. The highest BCUT2D eigenvalue weighted by Crippen LogP contribution is 2.42. The number of morpholine rings is 1. The number of methoxy groups -OCH3 is 1. The van der Waals surface area contributed by atoms with Gasteiger partial charge in [-0.05, 0) is 61.4 Å². The Balaban J connectivity index is 0.000000388. The van der Waals surface area contributed by atoms with Gasteiger partial charge in [-0.1, -0.05) is 13.3 Å². The lowest BCUT2D eigenvalue weighted by atomic mass is 9.70. The van der Waals surface area contributed by atoms with E-state index in [0.717, 1.165) is 65.2 Å². The van der Waals surface area contributed by atoms with Crippen LogP contribution in [-0.4, -0.2) is 92.8 Å². The molecule has 270 valence electrons. The maximum Gasteiger partial charge on any atom is 0.230 e. The molecular formula is C38H43F2N5O6. The molecule has 4 aromatic rings. The molecule has 3 aliphatic rings. The van der Waals surface area contributed by atoms with E-state index in [0.29, 0.717) is 58.6 Å². The lowest BCUT2D eigenvalue weighted by molar-refractivity contribution is -0.128. The van der Waals surface area contributed by atoms with Crippen LogP contribution in [0.3, 0.4) is 0 Å². The predicted molar refractivity (Wildman–Crippen MR) is 190 cm³/mol. The predicted octanol–water partition coefficient (Wildman–Crippen LogP) is 6.09. The Bertz CT molecular complexity index is 1810. The van der Waals surface area contributed by atoms with E-state index < -0.39 is 5.82 Å². The third-order valence-electron chi connectivity index (χ3n) is 9.64. The van der Waals surface area contributed by atoms with Gasteiger partial charge in [0, 0.05) is 79.3 Å². The fourth-order valence-corrected chi connectivity index (χ4v) is 6.28. The van der Waals surface area contributed by atoms with Crippen molar-refractivity contribution in [3.63, 3.8) is 0 Å². The van der Waals surface area contributed by atoms with E-state index in [2.05, 4.69) is 25.4 Å². The SMILES string of the molecule is COc1cc2c(Oc3ccc(NC(=O)C4(C)CCC4)cc3F)ccnc2cc1OCCN1CC(N2CCOCC2)C1.O=CNc1ccc(F)cc1. The molecule has 1 aromatic heterocycles. The number of pyridine rings is 1. The third kappa shape index (κ3) is 8.91. The Labute approximate surface area is 295 Å². The number of nitrogens with one attached hydrogen (secondary N) is 2. The molecule has 1 saturated carbocycles. The summed E-state index contributed by atoms with van der Waals surface area (Å²) in [4.78, 5) is 31.7. The van der Waals surface area contributed by atoms with Crippen molar-refractivity contribution in [2.75, 3.05) is 70.3 Å². The summed E-state index contributed by atoms with van der Waals surface area (Å²) in [7, 11) is 1.59. The number of benzene rings is 3. The molecule has 2 N–H and O–H groups in total. The summed E-state index contributed by atoms with van der Waals surface area (Å²) in [5.74, 6) is 0.678. The van der Waals surface area contributed by atoms with Crippen LogP contribution >= 0.6 is 0 Å². The molecule has 0 spiro atoms. The fourth-order valence-electron chi connectivity index (χ4n) is 6.28. The minimum absolute atomic E-state index is 0.0505. The fraction of sp³-hybridized carbons (Fsp3) is 0.395. The number of carbonyl (C=O) groups is 2. The molecule has 0 unspecified atom stereocenters. The van der Waals surface area contributed by atoms with Crippen molar-refractivity contribution in [2.45, 2.75) is 32.2 Å². The summed E-state index contributed by atoms with van der Waals surface area (Å²) in [5, 5.41) is 5.89. The number of fused-ring (bicyclic) bond motifs is 1. The van der Waals surface area contributed by atoms with E-state index in [-0.39, 0.29) is 22.9 Å². The number of hydrogen-bond acceptors (Lipinski definition) is 9. The minimum atomic E-state index is -0.569. The van der Waals surface area contributed by atoms with Crippen molar-refractivity contribution in [3.05, 3.63) is 78.5 Å². The van der Waals surface area contributed by atoms with E-state index >= 15 is 4.39 Å². The number of halogens is 2. The highest BCUT2D eigenvalue weighted by Gasteiger charge is 2.39. The number of rotatable bonds is 12. The molecule has 13 heteroatoms. The summed E-state index contributed by atoms with van der Waals surface area (Å²) in [6.07, 6.45) is 4.90. The maximum atomic E-state index is 15.0.